The summed E-state index contributed by atoms with van der Waals surface area (Å²) in [5.74, 6) is -1.87. The van der Waals surface area contributed by atoms with Gasteiger partial charge in [-0.25, -0.2) is 4.57 Å². The van der Waals surface area contributed by atoms with Gasteiger partial charge < -0.3 is 34.8 Å². The van der Waals surface area contributed by atoms with Crippen LogP contribution in [0.4, 0.5) is 0 Å². The van der Waals surface area contributed by atoms with E-state index in [9.17, 15) is 38.9 Å². The van der Waals surface area contributed by atoms with E-state index >= 15 is 0 Å². The molecule has 5 N–H and O–H groups in total. The van der Waals surface area contributed by atoms with E-state index in [1.807, 2.05) is 0 Å². The molecule has 63 heavy (non-hydrogen) atoms. The Morgan fingerprint density at radius 1 is 0.571 bits per heavy atom. The standard InChI is InChI=1S/C50H96NO11P/c1-4-7-10-13-16-19-21-22-24-26-29-32-35-38-43(53)42(37-34-31-28-25-18-15-12-9-6-3)40-46(55)61-49-47(50(56)60-44(41-52)48(49)62-63(57,58)59)51-45(54)39-36-33-30-27-23-20-17-14-11-8-5-2/h42,44,47-50,52,56H,4-41H2,1-3H3,(H,51,54)(H2,57,58,59)/t42?,44-,47-,48-,49-,50?/m1/s1. The average molecular weight is 918 g/mol. The van der Waals surface area contributed by atoms with Gasteiger partial charge in [0.05, 0.1) is 13.0 Å². The fourth-order valence-electron chi connectivity index (χ4n) is 8.85. The number of Topliss-reactive ketones (excluding diaryl/α,β-unsaturated/α-hetero) is 1. The minimum Gasteiger partial charge on any atom is -0.457 e. The second-order valence-electron chi connectivity index (χ2n) is 18.6. The molecule has 372 valence electrons. The highest BCUT2D eigenvalue weighted by Crippen LogP contribution is 2.42. The molecular formula is C50H96NO11P. The topological polar surface area (TPSA) is 189 Å². The summed E-state index contributed by atoms with van der Waals surface area (Å²) < 4.78 is 28.4. The largest absolute Gasteiger partial charge is 0.470 e. The van der Waals surface area contributed by atoms with Crippen LogP contribution in [0.25, 0.3) is 0 Å². The number of phosphoric ester groups is 1. The van der Waals surface area contributed by atoms with Gasteiger partial charge in [-0.3, -0.25) is 18.9 Å². The molecule has 0 radical (unpaired) electrons. The number of rotatable bonds is 44. The van der Waals surface area contributed by atoms with Gasteiger partial charge in [-0.1, -0.05) is 220 Å². The lowest BCUT2D eigenvalue weighted by molar-refractivity contribution is -0.256. The van der Waals surface area contributed by atoms with Crippen LogP contribution in [0.3, 0.4) is 0 Å². The van der Waals surface area contributed by atoms with Crippen molar-refractivity contribution in [1.29, 1.82) is 0 Å². The Balaban J connectivity index is 2.88. The van der Waals surface area contributed by atoms with Gasteiger partial charge in [0.15, 0.2) is 12.4 Å². The number of hydrogen-bond donors (Lipinski definition) is 5. The Kier molecular flexibility index (Phi) is 37.6. The summed E-state index contributed by atoms with van der Waals surface area (Å²) in [6.07, 6.45) is 32.0. The number of ether oxygens (including phenoxy) is 2. The molecule has 0 aromatic heterocycles. The Morgan fingerprint density at radius 3 is 1.35 bits per heavy atom. The highest BCUT2D eigenvalue weighted by Gasteiger charge is 2.51. The number of unbranched alkanes of at least 4 members (excludes halogenated alkanes) is 30. The third-order valence-electron chi connectivity index (χ3n) is 12.8. The number of ketones is 1. The molecule has 0 aromatic rings. The molecule has 1 amide bonds. The Bertz CT molecular complexity index is 1170. The lowest BCUT2D eigenvalue weighted by Gasteiger charge is -2.43. The van der Waals surface area contributed by atoms with Gasteiger partial charge in [0, 0.05) is 18.8 Å². The highest BCUT2D eigenvalue weighted by atomic mass is 31.2. The monoisotopic (exact) mass is 918 g/mol. The maximum Gasteiger partial charge on any atom is 0.470 e. The smallest absolute Gasteiger partial charge is 0.457 e. The van der Waals surface area contributed by atoms with Crippen molar-refractivity contribution in [2.24, 2.45) is 5.92 Å². The molecular weight excluding hydrogens is 822 g/mol. The molecule has 0 saturated carbocycles. The summed E-state index contributed by atoms with van der Waals surface area (Å²) in [4.78, 5) is 60.3. The zero-order chi connectivity index (χ0) is 46.4. The second kappa shape index (κ2) is 39.7. The molecule has 1 heterocycles. The van der Waals surface area contributed by atoms with Gasteiger partial charge in [0.2, 0.25) is 5.91 Å². The van der Waals surface area contributed by atoms with Crippen molar-refractivity contribution < 1.29 is 52.9 Å². The molecule has 1 aliphatic rings. The van der Waals surface area contributed by atoms with Crippen molar-refractivity contribution >= 4 is 25.5 Å². The van der Waals surface area contributed by atoms with Crippen LogP contribution in [-0.2, 0) is 32.9 Å². The fourth-order valence-corrected chi connectivity index (χ4v) is 9.43. The number of aliphatic hydroxyl groups excluding tert-OH is 2. The third-order valence-corrected chi connectivity index (χ3v) is 13.3. The third kappa shape index (κ3) is 32.0. The number of hydrogen-bond acceptors (Lipinski definition) is 9. The maximum atomic E-state index is 13.8. The predicted octanol–water partition coefficient (Wildman–Crippen LogP) is 12.2. The number of esters is 1. The van der Waals surface area contributed by atoms with Crippen LogP contribution in [0, 0.1) is 5.92 Å². The van der Waals surface area contributed by atoms with Crippen molar-refractivity contribution in [2.45, 2.75) is 289 Å². The van der Waals surface area contributed by atoms with Gasteiger partial charge in [0.25, 0.3) is 0 Å². The van der Waals surface area contributed by atoms with Crippen molar-refractivity contribution in [2.75, 3.05) is 6.61 Å². The molecule has 1 saturated heterocycles. The van der Waals surface area contributed by atoms with Crippen molar-refractivity contribution in [3.05, 3.63) is 0 Å². The summed E-state index contributed by atoms with van der Waals surface area (Å²) >= 11 is 0. The van der Waals surface area contributed by atoms with Crippen LogP contribution < -0.4 is 5.32 Å². The van der Waals surface area contributed by atoms with E-state index in [2.05, 4.69) is 26.1 Å². The van der Waals surface area contributed by atoms with E-state index in [1.54, 1.807) is 0 Å². The summed E-state index contributed by atoms with van der Waals surface area (Å²) in [7, 11) is -5.23. The van der Waals surface area contributed by atoms with E-state index in [0.29, 0.717) is 19.3 Å². The highest BCUT2D eigenvalue weighted by molar-refractivity contribution is 7.46. The minimum atomic E-state index is -5.23. The molecule has 6 atom stereocenters. The zero-order valence-electron chi connectivity index (χ0n) is 40.4. The number of phosphoric acid groups is 1. The molecule has 0 aliphatic carbocycles. The molecule has 0 aromatic carbocycles. The molecule has 2 unspecified atom stereocenters. The van der Waals surface area contributed by atoms with Crippen LogP contribution in [-0.4, -0.2) is 74.9 Å². The lowest BCUT2D eigenvalue weighted by Crippen LogP contribution is -2.65. The number of carbonyl (C=O) groups excluding carboxylic acids is 3. The normalized spacial score (nSPS) is 19.6. The van der Waals surface area contributed by atoms with E-state index in [-0.39, 0.29) is 18.6 Å². The Morgan fingerprint density at radius 2 is 0.952 bits per heavy atom. The number of carbonyl (C=O) groups is 3. The predicted molar refractivity (Wildman–Crippen MR) is 253 cm³/mol. The SMILES string of the molecule is CCCCCCCCCCCCCCCC(=O)C(CCCCCCCCCCC)CC(=O)O[C@H]1[C@H](OP(=O)(O)O)[C@@H](CO)OC(O)[C@@H]1NC(=O)CCCCCCCCCCCCC. The fraction of sp³-hybridized carbons (Fsp3) is 0.940. The first-order valence-electron chi connectivity index (χ1n) is 26.2. The number of amides is 1. The van der Waals surface area contributed by atoms with Crippen molar-refractivity contribution in [3.8, 4) is 0 Å². The molecule has 0 spiro atoms. The Labute approximate surface area is 384 Å². The van der Waals surface area contributed by atoms with Gasteiger partial charge in [-0.05, 0) is 19.3 Å². The summed E-state index contributed by atoms with van der Waals surface area (Å²) in [5, 5.41) is 23.7. The molecule has 1 aliphatic heterocycles. The van der Waals surface area contributed by atoms with Gasteiger partial charge >= 0.3 is 13.8 Å². The van der Waals surface area contributed by atoms with Gasteiger partial charge in [0.1, 0.15) is 24.0 Å². The van der Waals surface area contributed by atoms with Crippen molar-refractivity contribution in [1.82, 2.24) is 5.32 Å². The van der Waals surface area contributed by atoms with Crippen LogP contribution in [0.2, 0.25) is 0 Å². The van der Waals surface area contributed by atoms with Crippen LogP contribution in [0.5, 0.6) is 0 Å². The minimum absolute atomic E-state index is 0.00493. The number of nitrogens with one attached hydrogen (secondary N) is 1. The number of aliphatic hydroxyl groups is 2. The quantitative estimate of drug-likeness (QED) is 0.0222. The van der Waals surface area contributed by atoms with Crippen LogP contribution >= 0.6 is 7.82 Å². The molecule has 0 bridgehead atoms. The first kappa shape index (κ1) is 59.6. The summed E-state index contributed by atoms with van der Waals surface area (Å²) in [6, 6.07) is -1.44. The second-order valence-corrected chi connectivity index (χ2v) is 19.8. The zero-order valence-corrected chi connectivity index (χ0v) is 41.3. The van der Waals surface area contributed by atoms with E-state index < -0.39 is 62.9 Å². The first-order valence-corrected chi connectivity index (χ1v) is 27.7. The molecule has 1 fully saturated rings. The van der Waals surface area contributed by atoms with E-state index in [1.165, 1.54) is 128 Å². The molecule has 12 nitrogen and oxygen atoms in total. The van der Waals surface area contributed by atoms with E-state index in [0.717, 1.165) is 77.0 Å². The Hall–Kier alpha value is -1.40. The van der Waals surface area contributed by atoms with E-state index in [4.69, 9.17) is 14.0 Å². The van der Waals surface area contributed by atoms with Gasteiger partial charge in [-0.15, -0.1) is 0 Å². The van der Waals surface area contributed by atoms with Crippen LogP contribution in [0.1, 0.15) is 258 Å². The first-order chi connectivity index (χ1) is 30.5. The van der Waals surface area contributed by atoms with Gasteiger partial charge in [-0.2, -0.15) is 0 Å². The maximum absolute atomic E-state index is 13.8. The summed E-state index contributed by atoms with van der Waals surface area (Å²) in [6.45, 7) is 5.85. The van der Waals surface area contributed by atoms with Crippen molar-refractivity contribution in [3.63, 3.8) is 0 Å². The molecule has 1 rings (SSSR count). The summed E-state index contributed by atoms with van der Waals surface area (Å²) in [5.41, 5.74) is 0. The van der Waals surface area contributed by atoms with Crippen LogP contribution in [0.15, 0.2) is 0 Å². The molecule has 13 heteroatoms. The lowest BCUT2D eigenvalue weighted by atomic mass is 9.90. The average Bonchev–Trinajstić information content (AvgIpc) is 3.24.